The van der Waals surface area contributed by atoms with Gasteiger partial charge in [-0.3, -0.25) is 0 Å². The van der Waals surface area contributed by atoms with Crippen molar-refractivity contribution in [1.29, 1.82) is 0 Å². The van der Waals surface area contributed by atoms with Gasteiger partial charge in [0, 0.05) is 21.8 Å². The van der Waals surface area contributed by atoms with Crippen LogP contribution in [0, 0.1) is 0 Å². The molecule has 0 aliphatic rings. The predicted molar refractivity (Wildman–Crippen MR) is 71.3 cm³/mol. The zero-order valence-electron chi connectivity index (χ0n) is 9.21. The second kappa shape index (κ2) is 5.90. The van der Waals surface area contributed by atoms with Crippen molar-refractivity contribution in [2.45, 2.75) is 6.61 Å². The van der Waals surface area contributed by atoms with Gasteiger partial charge < -0.3 is 4.74 Å². The Bertz CT molecular complexity index is 587. The lowest BCUT2D eigenvalue weighted by molar-refractivity contribution is -0.0524. The highest BCUT2D eigenvalue weighted by molar-refractivity contribution is 6.35. The van der Waals surface area contributed by atoms with Gasteiger partial charge >= 0.3 is 6.61 Å². The van der Waals surface area contributed by atoms with Crippen molar-refractivity contribution in [2.75, 3.05) is 0 Å². The van der Waals surface area contributed by atoms with E-state index in [9.17, 15) is 8.78 Å². The Morgan fingerprint density at radius 3 is 2.16 bits per heavy atom. The molecule has 0 fully saturated rings. The van der Waals surface area contributed by atoms with Gasteiger partial charge in [-0.25, -0.2) is 4.98 Å². The minimum atomic E-state index is -2.98. The van der Waals surface area contributed by atoms with Gasteiger partial charge in [-0.2, -0.15) is 8.78 Å². The Kier molecular flexibility index (Phi) is 4.45. The minimum Gasteiger partial charge on any atom is -0.416 e. The highest BCUT2D eigenvalue weighted by atomic mass is 35.5. The molecule has 0 amide bonds. The Morgan fingerprint density at radius 1 is 0.947 bits per heavy atom. The molecule has 100 valence electrons. The Balaban J connectivity index is 2.55. The van der Waals surface area contributed by atoms with Crippen LogP contribution in [0.2, 0.25) is 15.1 Å². The molecule has 1 aromatic heterocycles. The summed E-state index contributed by atoms with van der Waals surface area (Å²) in [5, 5.41) is 1.02. The molecule has 2 nitrogen and oxygen atoms in total. The first-order valence-electron chi connectivity index (χ1n) is 5.02. The number of ether oxygens (including phenoxy) is 1. The maximum absolute atomic E-state index is 12.3. The SMILES string of the molecule is FC(F)Oc1ncc(Cl)cc1-c1cc(Cl)cc(Cl)c1. The van der Waals surface area contributed by atoms with E-state index in [1.54, 1.807) is 12.1 Å². The second-order valence-electron chi connectivity index (χ2n) is 3.54. The normalized spacial score (nSPS) is 10.8. The fourth-order valence-electron chi connectivity index (χ4n) is 1.52. The van der Waals surface area contributed by atoms with Crippen LogP contribution in [-0.4, -0.2) is 11.6 Å². The first kappa shape index (κ1) is 14.3. The van der Waals surface area contributed by atoms with Gasteiger partial charge in [0.05, 0.1) is 5.02 Å². The van der Waals surface area contributed by atoms with Crippen molar-refractivity contribution >= 4 is 34.8 Å². The van der Waals surface area contributed by atoms with E-state index in [1.807, 2.05) is 0 Å². The van der Waals surface area contributed by atoms with Crippen molar-refractivity contribution in [3.05, 3.63) is 45.5 Å². The summed E-state index contributed by atoms with van der Waals surface area (Å²) in [6.07, 6.45) is 1.22. The molecular weight excluding hydrogens is 318 g/mol. The molecule has 2 aromatic rings. The average molecular weight is 325 g/mol. The Labute approximate surface area is 122 Å². The van der Waals surface area contributed by atoms with Crippen LogP contribution in [0.15, 0.2) is 30.5 Å². The number of pyridine rings is 1. The van der Waals surface area contributed by atoms with Gasteiger partial charge in [-0.1, -0.05) is 34.8 Å². The van der Waals surface area contributed by atoms with E-state index in [4.69, 9.17) is 34.8 Å². The minimum absolute atomic E-state index is 0.238. The molecule has 1 aromatic carbocycles. The van der Waals surface area contributed by atoms with Gasteiger partial charge in [-0.05, 0) is 29.8 Å². The summed E-state index contributed by atoms with van der Waals surface area (Å²) in [5.74, 6) is -0.238. The van der Waals surface area contributed by atoms with Crippen molar-refractivity contribution in [3.63, 3.8) is 0 Å². The van der Waals surface area contributed by atoms with E-state index in [2.05, 4.69) is 9.72 Å². The van der Waals surface area contributed by atoms with Crippen LogP contribution >= 0.6 is 34.8 Å². The van der Waals surface area contributed by atoms with Crippen LogP contribution < -0.4 is 4.74 Å². The first-order valence-corrected chi connectivity index (χ1v) is 6.16. The fourth-order valence-corrected chi connectivity index (χ4v) is 2.21. The standard InChI is InChI=1S/C12H6Cl3F2NO/c13-7-1-6(2-8(14)3-7)10-4-9(15)5-18-11(10)19-12(16)17/h1-5,12H. The number of halogens is 5. The zero-order valence-corrected chi connectivity index (χ0v) is 11.5. The summed E-state index contributed by atoms with van der Waals surface area (Å²) in [5.41, 5.74) is 0.778. The number of alkyl halides is 2. The molecule has 0 aliphatic carbocycles. The van der Waals surface area contributed by atoms with Crippen LogP contribution in [0.1, 0.15) is 0 Å². The molecule has 0 atom stereocenters. The number of hydrogen-bond acceptors (Lipinski definition) is 2. The molecule has 0 aliphatic heterocycles. The lowest BCUT2D eigenvalue weighted by atomic mass is 10.1. The summed E-state index contributed by atoms with van der Waals surface area (Å²) >= 11 is 17.6. The topological polar surface area (TPSA) is 22.1 Å². The quantitative estimate of drug-likeness (QED) is 0.763. The molecule has 0 spiro atoms. The fraction of sp³-hybridized carbons (Fsp3) is 0.0833. The summed E-state index contributed by atoms with van der Waals surface area (Å²) in [6, 6.07) is 6.09. The van der Waals surface area contributed by atoms with E-state index in [1.165, 1.54) is 18.3 Å². The lowest BCUT2D eigenvalue weighted by Crippen LogP contribution is -2.04. The highest BCUT2D eigenvalue weighted by Gasteiger charge is 2.14. The third-order valence-corrected chi connectivity index (χ3v) is 2.84. The van der Waals surface area contributed by atoms with Crippen LogP contribution in [0.3, 0.4) is 0 Å². The number of aromatic nitrogens is 1. The molecule has 7 heteroatoms. The predicted octanol–water partition coefficient (Wildman–Crippen LogP) is 5.31. The number of benzene rings is 1. The molecule has 0 N–H and O–H groups in total. The van der Waals surface area contributed by atoms with Gasteiger partial charge in [0.2, 0.25) is 5.88 Å². The van der Waals surface area contributed by atoms with E-state index < -0.39 is 6.61 Å². The zero-order chi connectivity index (χ0) is 14.0. The molecule has 0 radical (unpaired) electrons. The summed E-state index contributed by atoms with van der Waals surface area (Å²) in [4.78, 5) is 3.73. The number of rotatable bonds is 3. The molecule has 0 unspecified atom stereocenters. The van der Waals surface area contributed by atoms with E-state index in [-0.39, 0.29) is 16.5 Å². The molecule has 1 heterocycles. The molecular formula is C12H6Cl3F2NO. The Morgan fingerprint density at radius 2 is 1.58 bits per heavy atom. The van der Waals surface area contributed by atoms with Gasteiger partial charge in [0.25, 0.3) is 0 Å². The maximum Gasteiger partial charge on any atom is 0.388 e. The van der Waals surface area contributed by atoms with Crippen molar-refractivity contribution in [3.8, 4) is 17.0 Å². The third-order valence-electron chi connectivity index (χ3n) is 2.19. The molecule has 0 saturated heterocycles. The van der Waals surface area contributed by atoms with Crippen molar-refractivity contribution < 1.29 is 13.5 Å². The lowest BCUT2D eigenvalue weighted by Gasteiger charge is -2.10. The average Bonchev–Trinajstić information content (AvgIpc) is 2.29. The first-order chi connectivity index (χ1) is 8.95. The summed E-state index contributed by atoms with van der Waals surface area (Å²) < 4.78 is 29.0. The highest BCUT2D eigenvalue weighted by Crippen LogP contribution is 2.34. The van der Waals surface area contributed by atoms with E-state index >= 15 is 0 Å². The Hall–Kier alpha value is -1.10. The van der Waals surface area contributed by atoms with E-state index in [0.717, 1.165) is 0 Å². The monoisotopic (exact) mass is 323 g/mol. The van der Waals surface area contributed by atoms with Crippen molar-refractivity contribution in [2.24, 2.45) is 0 Å². The van der Waals surface area contributed by atoms with Gasteiger partial charge in [0.1, 0.15) is 0 Å². The number of nitrogens with zero attached hydrogens (tertiary/aromatic N) is 1. The van der Waals surface area contributed by atoms with Crippen LogP contribution in [0.25, 0.3) is 11.1 Å². The van der Waals surface area contributed by atoms with Gasteiger partial charge in [-0.15, -0.1) is 0 Å². The van der Waals surface area contributed by atoms with Crippen LogP contribution in [0.5, 0.6) is 5.88 Å². The van der Waals surface area contributed by atoms with Crippen LogP contribution in [-0.2, 0) is 0 Å². The summed E-state index contributed by atoms with van der Waals surface area (Å²) in [7, 11) is 0. The maximum atomic E-state index is 12.3. The smallest absolute Gasteiger partial charge is 0.388 e. The van der Waals surface area contributed by atoms with Crippen LogP contribution in [0.4, 0.5) is 8.78 Å². The largest absolute Gasteiger partial charge is 0.416 e. The molecule has 19 heavy (non-hydrogen) atoms. The summed E-state index contributed by atoms with van der Waals surface area (Å²) in [6.45, 7) is -2.98. The van der Waals surface area contributed by atoms with E-state index in [0.29, 0.717) is 15.6 Å². The molecule has 0 bridgehead atoms. The molecule has 2 rings (SSSR count). The number of hydrogen-bond donors (Lipinski definition) is 0. The second-order valence-corrected chi connectivity index (χ2v) is 4.85. The van der Waals surface area contributed by atoms with Gasteiger partial charge in [0.15, 0.2) is 0 Å². The van der Waals surface area contributed by atoms with Crippen molar-refractivity contribution in [1.82, 2.24) is 4.98 Å². The third kappa shape index (κ3) is 3.69. The molecule has 0 saturated carbocycles.